The zero-order valence-electron chi connectivity index (χ0n) is 15.3. The summed E-state index contributed by atoms with van der Waals surface area (Å²) < 4.78 is 5.27. The van der Waals surface area contributed by atoms with Gasteiger partial charge in [-0.2, -0.15) is 0 Å². The molecule has 4 nitrogen and oxygen atoms in total. The Labute approximate surface area is 178 Å². The van der Waals surface area contributed by atoms with Crippen LogP contribution in [-0.2, 0) is 10.2 Å². The zero-order chi connectivity index (χ0) is 17.7. The van der Waals surface area contributed by atoms with Crippen LogP contribution in [0.2, 0.25) is 10.0 Å². The molecule has 25 heavy (non-hydrogen) atoms. The third-order valence-electron chi connectivity index (χ3n) is 4.53. The Balaban J connectivity index is 0.00000312. The average Bonchev–Trinajstić information content (AvgIpc) is 2.96. The van der Waals surface area contributed by atoms with Gasteiger partial charge in [-0.25, -0.2) is 0 Å². The van der Waals surface area contributed by atoms with Crippen molar-refractivity contribution in [3.8, 4) is 0 Å². The van der Waals surface area contributed by atoms with Gasteiger partial charge in [0.25, 0.3) is 0 Å². The fourth-order valence-electron chi connectivity index (χ4n) is 3.26. The molecular formula is C18H28Cl2IN3O. The molecule has 0 radical (unpaired) electrons. The summed E-state index contributed by atoms with van der Waals surface area (Å²) in [5.74, 6) is 1.49. The third-order valence-corrected chi connectivity index (χ3v) is 5.16. The van der Waals surface area contributed by atoms with Crippen molar-refractivity contribution in [2.75, 3.05) is 40.4 Å². The molecule has 1 aliphatic rings. The molecule has 0 spiro atoms. The molecule has 0 bridgehead atoms. The van der Waals surface area contributed by atoms with Crippen molar-refractivity contribution >= 4 is 53.1 Å². The van der Waals surface area contributed by atoms with Crippen molar-refractivity contribution in [2.45, 2.75) is 25.7 Å². The number of benzene rings is 1. The van der Waals surface area contributed by atoms with E-state index in [0.717, 1.165) is 37.6 Å². The highest BCUT2D eigenvalue weighted by Crippen LogP contribution is 2.35. The first-order valence-corrected chi connectivity index (χ1v) is 9.03. The number of guanidine groups is 1. The van der Waals surface area contributed by atoms with Gasteiger partial charge in [-0.15, -0.1) is 24.0 Å². The smallest absolute Gasteiger partial charge is 0.193 e. The van der Waals surface area contributed by atoms with Gasteiger partial charge in [-0.05, 0) is 24.1 Å². The van der Waals surface area contributed by atoms with E-state index in [4.69, 9.17) is 27.9 Å². The molecule has 1 aliphatic heterocycles. The Bertz CT molecular complexity index is 575. The van der Waals surface area contributed by atoms with Crippen LogP contribution in [0.3, 0.4) is 0 Å². The molecule has 7 heteroatoms. The molecule has 1 heterocycles. The Kier molecular flexibility index (Phi) is 9.29. The first-order valence-electron chi connectivity index (χ1n) is 8.28. The van der Waals surface area contributed by atoms with Crippen molar-refractivity contribution in [3.05, 3.63) is 33.8 Å². The van der Waals surface area contributed by atoms with E-state index in [1.165, 1.54) is 0 Å². The normalized spacial score (nSPS) is 18.2. The quantitative estimate of drug-likeness (QED) is 0.370. The molecule has 1 fully saturated rings. The minimum atomic E-state index is -0.211. The summed E-state index contributed by atoms with van der Waals surface area (Å²) in [6.07, 6.45) is 1.13. The summed E-state index contributed by atoms with van der Waals surface area (Å²) in [7, 11) is 3.58. The monoisotopic (exact) mass is 499 g/mol. The van der Waals surface area contributed by atoms with Crippen molar-refractivity contribution in [2.24, 2.45) is 10.9 Å². The van der Waals surface area contributed by atoms with Gasteiger partial charge in [0.1, 0.15) is 0 Å². The highest BCUT2D eigenvalue weighted by molar-refractivity contribution is 14.0. The highest BCUT2D eigenvalue weighted by atomic mass is 127. The van der Waals surface area contributed by atoms with Crippen molar-refractivity contribution in [3.63, 3.8) is 0 Å². The first kappa shape index (κ1) is 22.8. The van der Waals surface area contributed by atoms with Gasteiger partial charge in [0.2, 0.25) is 0 Å². The molecule has 1 aromatic carbocycles. The summed E-state index contributed by atoms with van der Waals surface area (Å²) in [6, 6.07) is 5.64. The van der Waals surface area contributed by atoms with E-state index < -0.39 is 0 Å². The molecule has 1 aromatic rings. The molecule has 1 unspecified atom stereocenters. The van der Waals surface area contributed by atoms with Crippen LogP contribution in [0.5, 0.6) is 0 Å². The fourth-order valence-corrected chi connectivity index (χ4v) is 4.17. The van der Waals surface area contributed by atoms with E-state index in [9.17, 15) is 0 Å². The summed E-state index contributed by atoms with van der Waals surface area (Å²) in [5.41, 5.74) is 0.756. The number of nitrogens with zero attached hydrogens (tertiary/aromatic N) is 2. The molecule has 0 aliphatic carbocycles. The summed E-state index contributed by atoms with van der Waals surface area (Å²) in [6.45, 7) is 7.75. The Morgan fingerprint density at radius 2 is 2.00 bits per heavy atom. The molecular weight excluding hydrogens is 472 g/mol. The minimum absolute atomic E-state index is 0. The van der Waals surface area contributed by atoms with E-state index in [1.807, 2.05) is 25.2 Å². The number of ether oxygens (including phenoxy) is 1. The molecule has 2 rings (SSSR count). The fraction of sp³-hybridized carbons (Fsp3) is 0.611. The SMILES string of the molecule is CN=C(NCC(C)(C)c1c(Cl)cccc1Cl)N1CCC(COC)C1.I. The van der Waals surface area contributed by atoms with E-state index in [1.54, 1.807) is 7.11 Å². The predicted octanol–water partition coefficient (Wildman–Crippen LogP) is 4.43. The van der Waals surface area contributed by atoms with Gasteiger partial charge < -0.3 is 15.0 Å². The summed E-state index contributed by atoms with van der Waals surface area (Å²) in [4.78, 5) is 6.72. The second kappa shape index (κ2) is 10.2. The van der Waals surface area contributed by atoms with Crippen LogP contribution in [0.1, 0.15) is 25.8 Å². The van der Waals surface area contributed by atoms with Gasteiger partial charge in [0.05, 0.1) is 6.61 Å². The molecule has 1 atom stereocenters. The largest absolute Gasteiger partial charge is 0.384 e. The van der Waals surface area contributed by atoms with E-state index >= 15 is 0 Å². The standard InChI is InChI=1S/C18H27Cl2N3O.HI/c1-18(2,16-14(19)6-5-7-15(16)20)12-22-17(21-3)23-9-8-13(10-23)11-24-4;/h5-7,13H,8-12H2,1-4H3,(H,21,22);1H. The number of methoxy groups -OCH3 is 1. The second-order valence-corrected chi connectivity index (χ2v) is 7.75. The van der Waals surface area contributed by atoms with Crippen LogP contribution in [0, 0.1) is 5.92 Å². The third kappa shape index (κ3) is 5.88. The molecule has 0 amide bonds. The number of aliphatic imine (C=N–C) groups is 1. The molecule has 0 aromatic heterocycles. The lowest BCUT2D eigenvalue weighted by Crippen LogP contribution is -2.45. The zero-order valence-corrected chi connectivity index (χ0v) is 19.2. The summed E-state index contributed by atoms with van der Waals surface area (Å²) >= 11 is 12.8. The van der Waals surface area contributed by atoms with Gasteiger partial charge in [-0.1, -0.05) is 43.1 Å². The number of halogens is 3. The maximum atomic E-state index is 6.38. The van der Waals surface area contributed by atoms with Crippen LogP contribution in [0.15, 0.2) is 23.2 Å². The Morgan fingerprint density at radius 3 is 2.56 bits per heavy atom. The number of nitrogens with one attached hydrogen (secondary N) is 1. The van der Waals surface area contributed by atoms with Crippen molar-refractivity contribution < 1.29 is 4.74 Å². The molecule has 0 saturated carbocycles. The maximum Gasteiger partial charge on any atom is 0.193 e. The lowest BCUT2D eigenvalue weighted by molar-refractivity contribution is 0.157. The van der Waals surface area contributed by atoms with Crippen LogP contribution in [-0.4, -0.2) is 51.3 Å². The predicted molar refractivity (Wildman–Crippen MR) is 118 cm³/mol. The number of hydrogen-bond acceptors (Lipinski definition) is 2. The molecule has 142 valence electrons. The van der Waals surface area contributed by atoms with Crippen LogP contribution in [0.25, 0.3) is 0 Å². The van der Waals surface area contributed by atoms with Gasteiger partial charge in [-0.3, -0.25) is 4.99 Å². The highest BCUT2D eigenvalue weighted by Gasteiger charge is 2.29. The van der Waals surface area contributed by atoms with Crippen molar-refractivity contribution in [1.82, 2.24) is 10.2 Å². The topological polar surface area (TPSA) is 36.9 Å². The molecule has 1 N–H and O–H groups in total. The van der Waals surface area contributed by atoms with Gasteiger partial charge >= 0.3 is 0 Å². The van der Waals surface area contributed by atoms with E-state index in [2.05, 4.69) is 29.1 Å². The molecule has 1 saturated heterocycles. The second-order valence-electron chi connectivity index (χ2n) is 6.94. The average molecular weight is 500 g/mol. The van der Waals surface area contributed by atoms with E-state index in [0.29, 0.717) is 22.5 Å². The van der Waals surface area contributed by atoms with E-state index in [-0.39, 0.29) is 29.4 Å². The minimum Gasteiger partial charge on any atom is -0.384 e. The van der Waals surface area contributed by atoms with Gasteiger partial charge in [0.15, 0.2) is 5.96 Å². The Morgan fingerprint density at radius 1 is 1.36 bits per heavy atom. The number of hydrogen-bond donors (Lipinski definition) is 1. The van der Waals surface area contributed by atoms with Gasteiger partial charge in [0, 0.05) is 55.2 Å². The van der Waals surface area contributed by atoms with Crippen LogP contribution < -0.4 is 5.32 Å². The number of rotatable bonds is 5. The van der Waals surface area contributed by atoms with Crippen LogP contribution in [0.4, 0.5) is 0 Å². The lowest BCUT2D eigenvalue weighted by atomic mass is 9.84. The van der Waals surface area contributed by atoms with Crippen molar-refractivity contribution in [1.29, 1.82) is 0 Å². The van der Waals surface area contributed by atoms with Crippen LogP contribution >= 0.6 is 47.2 Å². The summed E-state index contributed by atoms with van der Waals surface area (Å²) in [5, 5.41) is 4.88. The maximum absolute atomic E-state index is 6.38. The first-order chi connectivity index (χ1) is 11.4. The lowest BCUT2D eigenvalue weighted by Gasteiger charge is -2.30. The number of likely N-dealkylation sites (tertiary alicyclic amines) is 1. The Hall–Kier alpha value is -0.240.